The molecular weight excluding hydrogens is 372 g/mol. The van der Waals surface area contributed by atoms with Crippen LogP contribution in [-0.2, 0) is 19.5 Å². The van der Waals surface area contributed by atoms with Gasteiger partial charge in [0.25, 0.3) is 0 Å². The predicted molar refractivity (Wildman–Crippen MR) is 120 cm³/mol. The summed E-state index contributed by atoms with van der Waals surface area (Å²) < 4.78 is 6.04. The van der Waals surface area contributed by atoms with Gasteiger partial charge >= 0.3 is 0 Å². The van der Waals surface area contributed by atoms with Crippen molar-refractivity contribution in [3.63, 3.8) is 0 Å². The molecule has 3 heterocycles. The van der Waals surface area contributed by atoms with E-state index in [-0.39, 0.29) is 0 Å². The molecule has 0 spiro atoms. The Morgan fingerprint density at radius 2 is 1.90 bits per heavy atom. The highest BCUT2D eigenvalue weighted by atomic mass is 16.5. The minimum absolute atomic E-state index is 0.710. The van der Waals surface area contributed by atoms with Crippen molar-refractivity contribution in [1.82, 2.24) is 20.2 Å². The Morgan fingerprint density at radius 1 is 0.967 bits per heavy atom. The zero-order chi connectivity index (χ0) is 20.4. The van der Waals surface area contributed by atoms with E-state index in [1.54, 1.807) is 0 Å². The van der Waals surface area contributed by atoms with Crippen LogP contribution in [0, 0.1) is 0 Å². The highest BCUT2D eigenvalue weighted by Crippen LogP contribution is 2.21. The van der Waals surface area contributed by atoms with E-state index in [1.165, 1.54) is 22.3 Å². The number of aromatic nitrogens is 2. The number of fused-ring (bicyclic) bond motifs is 1. The molecule has 0 saturated carbocycles. The summed E-state index contributed by atoms with van der Waals surface area (Å²) >= 11 is 0. The van der Waals surface area contributed by atoms with Crippen molar-refractivity contribution in [1.29, 1.82) is 0 Å². The topological polar surface area (TPSA) is 50.3 Å². The second kappa shape index (κ2) is 10.6. The fourth-order valence-electron chi connectivity index (χ4n) is 3.63. The summed E-state index contributed by atoms with van der Waals surface area (Å²) in [4.78, 5) is 10.8. The maximum atomic E-state index is 6.04. The lowest BCUT2D eigenvalue weighted by Crippen LogP contribution is -2.28. The number of nitrogens with one attached hydrogen (secondary N) is 1. The summed E-state index contributed by atoms with van der Waals surface area (Å²) in [6, 6.07) is 14.6. The Morgan fingerprint density at radius 3 is 2.77 bits per heavy atom. The fraction of sp³-hybridized carbons (Fsp3) is 0.280. The molecule has 0 atom stereocenters. The van der Waals surface area contributed by atoms with E-state index in [1.807, 2.05) is 37.1 Å². The summed E-state index contributed by atoms with van der Waals surface area (Å²) in [5, 5.41) is 3.25. The van der Waals surface area contributed by atoms with Crippen LogP contribution in [0.4, 0.5) is 0 Å². The third kappa shape index (κ3) is 5.91. The molecule has 5 nitrogen and oxygen atoms in total. The SMILES string of the molecule is C1=Cc2ccc(OCCCN(CCc3cccnc3)Cc3ccncc3)cc2CN1. The molecular formula is C25H28N4O. The molecule has 1 aliphatic rings. The summed E-state index contributed by atoms with van der Waals surface area (Å²) in [7, 11) is 0. The molecule has 0 saturated heterocycles. The van der Waals surface area contributed by atoms with E-state index in [0.29, 0.717) is 6.61 Å². The normalized spacial score (nSPS) is 12.4. The first-order chi connectivity index (χ1) is 14.9. The average molecular weight is 401 g/mol. The first kappa shape index (κ1) is 20.1. The van der Waals surface area contributed by atoms with E-state index >= 15 is 0 Å². The van der Waals surface area contributed by atoms with E-state index in [4.69, 9.17) is 4.74 Å². The molecule has 3 aromatic rings. The van der Waals surface area contributed by atoms with Gasteiger partial charge in [-0.3, -0.25) is 14.9 Å². The largest absolute Gasteiger partial charge is 0.494 e. The molecule has 0 radical (unpaired) electrons. The Balaban J connectivity index is 1.29. The van der Waals surface area contributed by atoms with Gasteiger partial charge in [-0.25, -0.2) is 0 Å². The number of ether oxygens (including phenoxy) is 1. The van der Waals surface area contributed by atoms with Crippen LogP contribution in [-0.4, -0.2) is 34.6 Å². The molecule has 0 aliphatic carbocycles. The van der Waals surface area contributed by atoms with Crippen molar-refractivity contribution in [2.45, 2.75) is 25.9 Å². The van der Waals surface area contributed by atoms with Crippen molar-refractivity contribution in [2.75, 3.05) is 19.7 Å². The standard InChI is InChI=1S/C25H28N4O/c1-3-21(18-27-10-1)9-15-29(20-22-6-11-26-12-7-22)14-2-16-30-25-5-4-23-8-13-28-19-24(23)17-25/h1,3-8,10-13,17-18,28H,2,9,14-16,19-20H2. The zero-order valence-corrected chi connectivity index (χ0v) is 17.2. The molecule has 1 N–H and O–H groups in total. The lowest BCUT2D eigenvalue weighted by Gasteiger charge is -2.22. The molecule has 1 aliphatic heterocycles. The van der Waals surface area contributed by atoms with Crippen LogP contribution in [0.3, 0.4) is 0 Å². The molecule has 0 bridgehead atoms. The van der Waals surface area contributed by atoms with Gasteiger partial charge in [0.1, 0.15) is 5.75 Å². The lowest BCUT2D eigenvalue weighted by atomic mass is 10.1. The van der Waals surface area contributed by atoms with Crippen molar-refractivity contribution in [2.24, 2.45) is 0 Å². The second-order valence-corrected chi connectivity index (χ2v) is 7.52. The Bertz CT molecular complexity index is 944. The minimum Gasteiger partial charge on any atom is -0.494 e. The van der Waals surface area contributed by atoms with Crippen LogP contribution in [0.25, 0.3) is 6.08 Å². The smallest absolute Gasteiger partial charge is 0.119 e. The summed E-state index contributed by atoms with van der Waals surface area (Å²) in [6.07, 6.45) is 13.6. The molecule has 5 heteroatoms. The van der Waals surface area contributed by atoms with Gasteiger partial charge in [-0.2, -0.15) is 0 Å². The fourth-order valence-corrected chi connectivity index (χ4v) is 3.63. The van der Waals surface area contributed by atoms with E-state index in [2.05, 4.69) is 62.7 Å². The first-order valence-electron chi connectivity index (χ1n) is 10.5. The number of nitrogens with zero attached hydrogens (tertiary/aromatic N) is 3. The summed E-state index contributed by atoms with van der Waals surface area (Å²) in [5.74, 6) is 0.946. The quantitative estimate of drug-likeness (QED) is 0.520. The second-order valence-electron chi connectivity index (χ2n) is 7.52. The number of benzene rings is 1. The predicted octanol–water partition coefficient (Wildman–Crippen LogP) is 4.06. The third-order valence-corrected chi connectivity index (χ3v) is 5.27. The average Bonchev–Trinajstić information content (AvgIpc) is 2.81. The van der Waals surface area contributed by atoms with Crippen molar-refractivity contribution in [3.05, 3.63) is 95.7 Å². The van der Waals surface area contributed by atoms with Crippen LogP contribution in [0.2, 0.25) is 0 Å². The molecule has 4 rings (SSSR count). The Kier molecular flexibility index (Phi) is 7.07. The maximum absolute atomic E-state index is 6.04. The van der Waals surface area contributed by atoms with Gasteiger partial charge in [-0.1, -0.05) is 12.1 Å². The van der Waals surface area contributed by atoms with Crippen LogP contribution in [0.15, 0.2) is 73.5 Å². The van der Waals surface area contributed by atoms with Gasteiger partial charge in [-0.05, 0) is 77.7 Å². The van der Waals surface area contributed by atoms with Gasteiger partial charge < -0.3 is 10.1 Å². The van der Waals surface area contributed by atoms with Gasteiger partial charge in [0.2, 0.25) is 0 Å². The van der Waals surface area contributed by atoms with Crippen LogP contribution in [0.5, 0.6) is 5.75 Å². The maximum Gasteiger partial charge on any atom is 0.119 e. The molecule has 30 heavy (non-hydrogen) atoms. The summed E-state index contributed by atoms with van der Waals surface area (Å²) in [6.45, 7) is 4.46. The van der Waals surface area contributed by atoms with Crippen molar-refractivity contribution in [3.8, 4) is 5.75 Å². The van der Waals surface area contributed by atoms with Crippen molar-refractivity contribution < 1.29 is 4.74 Å². The molecule has 0 unspecified atom stereocenters. The molecule has 154 valence electrons. The highest BCUT2D eigenvalue weighted by Gasteiger charge is 2.08. The van der Waals surface area contributed by atoms with E-state index < -0.39 is 0 Å². The third-order valence-electron chi connectivity index (χ3n) is 5.27. The van der Waals surface area contributed by atoms with Crippen LogP contribution in [0.1, 0.15) is 28.7 Å². The van der Waals surface area contributed by atoms with Crippen molar-refractivity contribution >= 4 is 6.08 Å². The van der Waals surface area contributed by atoms with E-state index in [0.717, 1.165) is 44.8 Å². The lowest BCUT2D eigenvalue weighted by molar-refractivity contribution is 0.229. The van der Waals surface area contributed by atoms with Gasteiger partial charge in [-0.15, -0.1) is 0 Å². The summed E-state index contributed by atoms with van der Waals surface area (Å²) in [5.41, 5.74) is 5.10. The monoisotopic (exact) mass is 400 g/mol. The minimum atomic E-state index is 0.710. The van der Waals surface area contributed by atoms with Gasteiger partial charge in [0.15, 0.2) is 0 Å². The van der Waals surface area contributed by atoms with Gasteiger partial charge in [0.05, 0.1) is 6.61 Å². The molecule has 1 aromatic carbocycles. The molecule has 2 aromatic heterocycles. The van der Waals surface area contributed by atoms with Crippen LogP contribution < -0.4 is 10.1 Å². The van der Waals surface area contributed by atoms with Crippen LogP contribution >= 0.6 is 0 Å². The first-order valence-corrected chi connectivity index (χ1v) is 10.5. The zero-order valence-electron chi connectivity index (χ0n) is 17.2. The molecule has 0 amide bonds. The number of rotatable bonds is 10. The highest BCUT2D eigenvalue weighted by molar-refractivity contribution is 5.57. The molecule has 0 fully saturated rings. The number of pyridine rings is 2. The Hall–Kier alpha value is -3.18. The van der Waals surface area contributed by atoms with E-state index in [9.17, 15) is 0 Å². The number of hydrogen-bond acceptors (Lipinski definition) is 5. The number of hydrogen-bond donors (Lipinski definition) is 1. The Labute approximate surface area is 178 Å². The van der Waals surface area contributed by atoms with Gasteiger partial charge in [0, 0.05) is 51.0 Å².